The van der Waals surface area contributed by atoms with Gasteiger partial charge in [0.15, 0.2) is 5.82 Å². The molecule has 13 heteroatoms. The molecule has 1 fully saturated rings. The van der Waals surface area contributed by atoms with Gasteiger partial charge in [-0.1, -0.05) is 29.8 Å². The number of alkyl halides is 3. The fourth-order valence-corrected chi connectivity index (χ4v) is 3.69. The third-order valence-corrected chi connectivity index (χ3v) is 5.38. The Morgan fingerprint density at radius 3 is 2.27 bits per heavy atom. The zero-order chi connectivity index (χ0) is 23.6. The molecule has 172 valence electrons. The van der Waals surface area contributed by atoms with Gasteiger partial charge in [-0.3, -0.25) is 10.1 Å². The smallest absolute Gasteiger partial charge is 0.368 e. The predicted octanol–water partition coefficient (Wildman–Crippen LogP) is 4.52. The van der Waals surface area contributed by atoms with E-state index >= 15 is 0 Å². The Labute approximate surface area is 191 Å². The zero-order valence-corrected chi connectivity index (χ0v) is 17.7. The standard InChI is InChI=1S/C20H17ClF3N7O2/c21-15-10-13(20(22,23)24)11-25-17(15)28-18-16(31(32)33)19(27-12-26-18)30-8-6-29(7-9-30)14-4-2-1-3-5-14/h1-5,10-12H,6-9H2,(H,25,26,27,28). The highest BCUT2D eigenvalue weighted by Crippen LogP contribution is 2.37. The number of hydrogen-bond donors (Lipinski definition) is 1. The number of pyridine rings is 1. The molecule has 0 saturated carbocycles. The highest BCUT2D eigenvalue weighted by molar-refractivity contribution is 6.33. The molecule has 1 aliphatic heterocycles. The lowest BCUT2D eigenvalue weighted by molar-refractivity contribution is -0.383. The maximum atomic E-state index is 12.9. The van der Waals surface area contributed by atoms with Crippen LogP contribution in [0.1, 0.15) is 5.56 Å². The molecule has 2 aromatic heterocycles. The number of nitrogens with one attached hydrogen (secondary N) is 1. The van der Waals surface area contributed by atoms with Crippen LogP contribution in [0.15, 0.2) is 48.9 Å². The number of nitro groups is 1. The average molecular weight is 480 g/mol. The molecule has 33 heavy (non-hydrogen) atoms. The Morgan fingerprint density at radius 2 is 1.67 bits per heavy atom. The summed E-state index contributed by atoms with van der Waals surface area (Å²) in [5, 5.41) is 14.1. The number of benzene rings is 1. The van der Waals surface area contributed by atoms with Crippen molar-refractivity contribution in [3.05, 3.63) is 69.6 Å². The number of rotatable bonds is 5. The van der Waals surface area contributed by atoms with Gasteiger partial charge in [-0.15, -0.1) is 0 Å². The molecule has 1 aliphatic rings. The van der Waals surface area contributed by atoms with Gasteiger partial charge in [0.25, 0.3) is 0 Å². The van der Waals surface area contributed by atoms with Crippen molar-refractivity contribution in [1.82, 2.24) is 15.0 Å². The van der Waals surface area contributed by atoms with Crippen molar-refractivity contribution >= 4 is 40.4 Å². The molecule has 3 aromatic rings. The summed E-state index contributed by atoms with van der Waals surface area (Å²) in [5.74, 6) is -0.302. The first-order chi connectivity index (χ1) is 15.7. The second-order valence-corrected chi connectivity index (χ2v) is 7.55. The second kappa shape index (κ2) is 9.06. The maximum Gasteiger partial charge on any atom is 0.417 e. The third kappa shape index (κ3) is 4.90. The molecule has 4 rings (SSSR count). The molecule has 0 unspecified atom stereocenters. The molecule has 3 heterocycles. The molecule has 1 saturated heterocycles. The molecule has 0 amide bonds. The lowest BCUT2D eigenvalue weighted by Gasteiger charge is -2.36. The predicted molar refractivity (Wildman–Crippen MR) is 117 cm³/mol. The van der Waals surface area contributed by atoms with Crippen LogP contribution >= 0.6 is 11.6 Å². The van der Waals surface area contributed by atoms with Crippen molar-refractivity contribution in [3.63, 3.8) is 0 Å². The molecule has 9 nitrogen and oxygen atoms in total. The minimum atomic E-state index is -4.62. The number of halogens is 4. The summed E-state index contributed by atoms with van der Waals surface area (Å²) in [5.41, 5.74) is -0.393. The summed E-state index contributed by atoms with van der Waals surface area (Å²) < 4.78 is 38.6. The number of anilines is 4. The van der Waals surface area contributed by atoms with Gasteiger partial charge in [-0.05, 0) is 18.2 Å². The quantitative estimate of drug-likeness (QED) is 0.421. The summed E-state index contributed by atoms with van der Waals surface area (Å²) >= 11 is 5.93. The van der Waals surface area contributed by atoms with Crippen molar-refractivity contribution in [2.24, 2.45) is 0 Å². The minimum absolute atomic E-state index is 0.105. The normalized spacial score (nSPS) is 14.3. The molecule has 0 spiro atoms. The van der Waals surface area contributed by atoms with Gasteiger partial charge in [-0.2, -0.15) is 13.2 Å². The number of nitrogens with zero attached hydrogens (tertiary/aromatic N) is 6. The number of aromatic nitrogens is 3. The Kier molecular flexibility index (Phi) is 6.18. The van der Waals surface area contributed by atoms with Gasteiger partial charge >= 0.3 is 11.9 Å². The molecular formula is C20H17ClF3N7O2. The van der Waals surface area contributed by atoms with E-state index in [1.54, 1.807) is 4.90 Å². The monoisotopic (exact) mass is 479 g/mol. The summed E-state index contributed by atoms with van der Waals surface area (Å²) in [7, 11) is 0. The lowest BCUT2D eigenvalue weighted by Crippen LogP contribution is -2.47. The van der Waals surface area contributed by atoms with E-state index in [2.05, 4.69) is 25.2 Å². The van der Waals surface area contributed by atoms with Crippen LogP contribution in [0.3, 0.4) is 0 Å². The molecular weight excluding hydrogens is 463 g/mol. The fraction of sp³-hybridized carbons (Fsp3) is 0.250. The van der Waals surface area contributed by atoms with Crippen molar-refractivity contribution in [1.29, 1.82) is 0 Å². The first-order valence-corrected chi connectivity index (χ1v) is 10.2. The minimum Gasteiger partial charge on any atom is -0.368 e. The van der Waals surface area contributed by atoms with Crippen LogP contribution in [0.4, 0.5) is 42.0 Å². The van der Waals surface area contributed by atoms with Crippen molar-refractivity contribution < 1.29 is 18.1 Å². The summed E-state index contributed by atoms with van der Waals surface area (Å²) in [6.45, 7) is 2.21. The number of para-hydroxylation sites is 1. The van der Waals surface area contributed by atoms with Crippen LogP contribution in [0.5, 0.6) is 0 Å². The second-order valence-electron chi connectivity index (χ2n) is 7.14. The highest BCUT2D eigenvalue weighted by Gasteiger charge is 2.33. The van der Waals surface area contributed by atoms with Crippen LogP contribution in [-0.2, 0) is 6.18 Å². The third-order valence-electron chi connectivity index (χ3n) is 5.09. The van der Waals surface area contributed by atoms with Crippen LogP contribution in [0.2, 0.25) is 5.02 Å². The van der Waals surface area contributed by atoms with Crippen molar-refractivity contribution in [2.45, 2.75) is 6.18 Å². The Balaban J connectivity index is 1.58. The summed E-state index contributed by atoms with van der Waals surface area (Å²) in [6.07, 6.45) is -2.89. The largest absolute Gasteiger partial charge is 0.417 e. The Hall–Kier alpha value is -3.67. The van der Waals surface area contributed by atoms with E-state index in [1.807, 2.05) is 30.3 Å². The molecule has 0 bridgehead atoms. The van der Waals surface area contributed by atoms with E-state index in [9.17, 15) is 23.3 Å². The van der Waals surface area contributed by atoms with Gasteiger partial charge in [0.2, 0.25) is 11.6 Å². The molecule has 0 aliphatic carbocycles. The Morgan fingerprint density at radius 1 is 1.00 bits per heavy atom. The lowest BCUT2D eigenvalue weighted by atomic mass is 10.2. The number of hydrogen-bond acceptors (Lipinski definition) is 8. The maximum absolute atomic E-state index is 12.9. The van der Waals surface area contributed by atoms with Gasteiger partial charge in [-0.25, -0.2) is 15.0 Å². The molecule has 1 N–H and O–H groups in total. The van der Waals surface area contributed by atoms with E-state index in [0.29, 0.717) is 38.4 Å². The summed E-state index contributed by atoms with van der Waals surface area (Å²) in [6, 6.07) is 10.5. The van der Waals surface area contributed by atoms with Crippen LogP contribution in [0, 0.1) is 10.1 Å². The first kappa shape index (κ1) is 22.5. The molecule has 0 atom stereocenters. The molecule has 1 aromatic carbocycles. The van der Waals surface area contributed by atoms with E-state index in [0.717, 1.165) is 12.0 Å². The summed E-state index contributed by atoms with van der Waals surface area (Å²) in [4.78, 5) is 26.8. The van der Waals surface area contributed by atoms with E-state index in [-0.39, 0.29) is 22.5 Å². The van der Waals surface area contributed by atoms with Gasteiger partial charge in [0.05, 0.1) is 15.5 Å². The van der Waals surface area contributed by atoms with Crippen molar-refractivity contribution in [3.8, 4) is 0 Å². The zero-order valence-electron chi connectivity index (χ0n) is 17.0. The van der Waals surface area contributed by atoms with Crippen LogP contribution in [0.25, 0.3) is 0 Å². The van der Waals surface area contributed by atoms with Gasteiger partial charge in [0, 0.05) is 38.1 Å². The average Bonchev–Trinajstić information content (AvgIpc) is 2.80. The van der Waals surface area contributed by atoms with Crippen LogP contribution < -0.4 is 15.1 Å². The Bertz CT molecular complexity index is 1160. The van der Waals surface area contributed by atoms with E-state index in [4.69, 9.17) is 11.6 Å². The van der Waals surface area contributed by atoms with Gasteiger partial charge < -0.3 is 15.1 Å². The first-order valence-electron chi connectivity index (χ1n) is 9.78. The van der Waals surface area contributed by atoms with Crippen molar-refractivity contribution in [2.75, 3.05) is 41.3 Å². The highest BCUT2D eigenvalue weighted by atomic mass is 35.5. The molecule has 0 radical (unpaired) electrons. The van der Waals surface area contributed by atoms with E-state index < -0.39 is 22.4 Å². The fourth-order valence-electron chi connectivity index (χ4n) is 3.47. The number of piperazine rings is 1. The SMILES string of the molecule is O=[N+]([O-])c1c(Nc2ncc(C(F)(F)F)cc2Cl)ncnc1N1CCN(c2ccccc2)CC1. The topological polar surface area (TPSA) is 100 Å². The van der Waals surface area contributed by atoms with Gasteiger partial charge in [0.1, 0.15) is 6.33 Å². The van der Waals surface area contributed by atoms with E-state index in [1.165, 1.54) is 0 Å². The van der Waals surface area contributed by atoms with Crippen LogP contribution in [-0.4, -0.2) is 46.1 Å².